The van der Waals surface area contributed by atoms with Gasteiger partial charge in [-0.05, 0) is 25.0 Å². The van der Waals surface area contributed by atoms with Crippen molar-refractivity contribution in [3.63, 3.8) is 0 Å². The first-order valence-electron chi connectivity index (χ1n) is 9.30. The van der Waals surface area contributed by atoms with Gasteiger partial charge in [-0.15, -0.1) is 0 Å². The van der Waals surface area contributed by atoms with Crippen LogP contribution in [0.1, 0.15) is 36.2 Å². The predicted molar refractivity (Wildman–Crippen MR) is 107 cm³/mol. The molecule has 0 saturated carbocycles. The molecule has 1 aromatic heterocycles. The predicted octanol–water partition coefficient (Wildman–Crippen LogP) is 5.14. The third-order valence-corrected chi connectivity index (χ3v) is 4.58. The Balaban J connectivity index is 1.81. The number of carbonyl (C=O) groups is 1. The number of carbonyl (C=O) groups excluding carboxylic acids is 1. The summed E-state index contributed by atoms with van der Waals surface area (Å²) in [4.78, 5) is 14.5. The second kappa shape index (κ2) is 8.21. The van der Waals surface area contributed by atoms with Gasteiger partial charge in [-0.25, -0.2) is 0 Å². The largest absolute Gasteiger partial charge is 0.356 e. The lowest BCUT2D eigenvalue weighted by atomic mass is 10.0. The van der Waals surface area contributed by atoms with Crippen LogP contribution in [0.2, 0.25) is 0 Å². The number of hydrogen-bond donors (Lipinski definition) is 0. The first-order chi connectivity index (χ1) is 12.9. The van der Waals surface area contributed by atoms with Crippen LogP contribution in [0.3, 0.4) is 0 Å². The van der Waals surface area contributed by atoms with Crippen molar-refractivity contribution in [2.75, 3.05) is 0 Å². The van der Waals surface area contributed by atoms with Gasteiger partial charge in [0.1, 0.15) is 5.69 Å². The van der Waals surface area contributed by atoms with Crippen molar-refractivity contribution in [2.24, 2.45) is 5.92 Å². The molecule has 0 bridgehead atoms. The molecule has 27 heavy (non-hydrogen) atoms. The van der Waals surface area contributed by atoms with E-state index in [0.29, 0.717) is 13.1 Å². The fraction of sp³-hybridized carbons (Fsp3) is 0.304. The zero-order valence-electron chi connectivity index (χ0n) is 16.4. The van der Waals surface area contributed by atoms with E-state index in [-0.39, 0.29) is 11.8 Å². The summed E-state index contributed by atoms with van der Waals surface area (Å²) >= 11 is 0. The van der Waals surface area contributed by atoms with E-state index in [0.717, 1.165) is 28.1 Å². The smallest absolute Gasteiger partial charge is 0.225 e. The van der Waals surface area contributed by atoms with E-state index in [2.05, 4.69) is 37.2 Å². The fourth-order valence-corrected chi connectivity index (χ4v) is 3.18. The van der Waals surface area contributed by atoms with Crippen LogP contribution in [-0.4, -0.2) is 16.0 Å². The van der Waals surface area contributed by atoms with E-state index in [4.69, 9.17) is 4.52 Å². The standard InChI is InChI=1S/C23H26N2O2/c1-16(2)23(26)25(14-19-8-6-5-7-9-19)15-20-13-22(27-24-20)21-11-10-17(3)12-18(21)4/h5-13,16H,14-15H2,1-4H3. The van der Waals surface area contributed by atoms with Gasteiger partial charge >= 0.3 is 0 Å². The van der Waals surface area contributed by atoms with Crippen molar-refractivity contribution < 1.29 is 9.32 Å². The third kappa shape index (κ3) is 4.64. The maximum Gasteiger partial charge on any atom is 0.225 e. The molecule has 3 aromatic rings. The first kappa shape index (κ1) is 18.9. The van der Waals surface area contributed by atoms with Crippen molar-refractivity contribution >= 4 is 5.91 Å². The topological polar surface area (TPSA) is 46.3 Å². The number of aryl methyl sites for hydroxylation is 2. The molecule has 0 saturated heterocycles. The number of nitrogens with zero attached hydrogens (tertiary/aromatic N) is 2. The van der Waals surface area contributed by atoms with E-state index in [1.54, 1.807) is 0 Å². The zero-order valence-corrected chi connectivity index (χ0v) is 16.4. The monoisotopic (exact) mass is 362 g/mol. The molecule has 0 radical (unpaired) electrons. The lowest BCUT2D eigenvalue weighted by Gasteiger charge is -2.23. The van der Waals surface area contributed by atoms with Gasteiger partial charge in [0, 0.05) is 24.1 Å². The van der Waals surface area contributed by atoms with E-state index in [9.17, 15) is 4.79 Å². The van der Waals surface area contributed by atoms with Gasteiger partial charge in [-0.1, -0.05) is 73.1 Å². The van der Waals surface area contributed by atoms with Gasteiger partial charge < -0.3 is 9.42 Å². The highest BCUT2D eigenvalue weighted by molar-refractivity contribution is 5.78. The maximum absolute atomic E-state index is 12.7. The first-order valence-corrected chi connectivity index (χ1v) is 9.30. The Morgan fingerprint density at radius 3 is 2.44 bits per heavy atom. The van der Waals surface area contributed by atoms with Crippen LogP contribution in [0.25, 0.3) is 11.3 Å². The Bertz CT molecular complexity index is 913. The minimum Gasteiger partial charge on any atom is -0.356 e. The maximum atomic E-state index is 12.7. The number of benzene rings is 2. The van der Waals surface area contributed by atoms with E-state index in [1.807, 2.05) is 55.1 Å². The van der Waals surface area contributed by atoms with Crippen LogP contribution in [0.15, 0.2) is 59.1 Å². The normalized spacial score (nSPS) is 11.0. The summed E-state index contributed by atoms with van der Waals surface area (Å²) in [6, 6.07) is 18.2. The molecule has 1 heterocycles. The summed E-state index contributed by atoms with van der Waals surface area (Å²) in [5, 5.41) is 4.21. The van der Waals surface area contributed by atoms with Gasteiger partial charge in [0.05, 0.1) is 6.54 Å². The molecule has 0 spiro atoms. The van der Waals surface area contributed by atoms with Gasteiger partial charge in [0.2, 0.25) is 5.91 Å². The second-order valence-corrected chi connectivity index (χ2v) is 7.34. The third-order valence-electron chi connectivity index (χ3n) is 4.58. The Morgan fingerprint density at radius 2 is 1.78 bits per heavy atom. The molecule has 140 valence electrons. The van der Waals surface area contributed by atoms with Crippen LogP contribution in [0, 0.1) is 19.8 Å². The minimum absolute atomic E-state index is 0.0700. The van der Waals surface area contributed by atoms with Gasteiger partial charge in [-0.2, -0.15) is 0 Å². The average molecular weight is 362 g/mol. The molecule has 0 aliphatic carbocycles. The molecule has 1 amide bonds. The van der Waals surface area contributed by atoms with Crippen LogP contribution in [0.5, 0.6) is 0 Å². The number of rotatable bonds is 6. The van der Waals surface area contributed by atoms with Crippen molar-refractivity contribution in [2.45, 2.75) is 40.8 Å². The van der Waals surface area contributed by atoms with Crippen molar-refractivity contribution in [1.29, 1.82) is 0 Å². The van der Waals surface area contributed by atoms with Gasteiger partial charge in [0.25, 0.3) is 0 Å². The summed E-state index contributed by atoms with van der Waals surface area (Å²) < 4.78 is 5.57. The summed E-state index contributed by atoms with van der Waals surface area (Å²) in [6.07, 6.45) is 0. The highest BCUT2D eigenvalue weighted by Gasteiger charge is 2.20. The Morgan fingerprint density at radius 1 is 1.04 bits per heavy atom. The number of aromatic nitrogens is 1. The summed E-state index contributed by atoms with van der Waals surface area (Å²) in [7, 11) is 0. The van der Waals surface area contributed by atoms with Crippen LogP contribution < -0.4 is 0 Å². The lowest BCUT2D eigenvalue weighted by molar-refractivity contribution is -0.135. The average Bonchev–Trinajstić information content (AvgIpc) is 3.09. The SMILES string of the molecule is Cc1ccc(-c2cc(CN(Cc3ccccc3)C(=O)C(C)C)no2)c(C)c1. The minimum atomic E-state index is -0.0700. The van der Waals surface area contributed by atoms with Crippen molar-refractivity contribution in [3.05, 3.63) is 77.0 Å². The van der Waals surface area contributed by atoms with Crippen LogP contribution in [-0.2, 0) is 17.9 Å². The zero-order chi connectivity index (χ0) is 19.4. The van der Waals surface area contributed by atoms with E-state index >= 15 is 0 Å². The quantitative estimate of drug-likeness (QED) is 0.610. The molecule has 2 aromatic carbocycles. The Kier molecular flexibility index (Phi) is 5.75. The van der Waals surface area contributed by atoms with Crippen molar-refractivity contribution in [1.82, 2.24) is 10.1 Å². The van der Waals surface area contributed by atoms with Gasteiger partial charge in [-0.3, -0.25) is 4.79 Å². The fourth-order valence-electron chi connectivity index (χ4n) is 3.18. The molecule has 3 rings (SSSR count). The Hall–Kier alpha value is -2.88. The summed E-state index contributed by atoms with van der Waals surface area (Å²) in [6.45, 7) is 8.97. The molecular formula is C23H26N2O2. The molecule has 4 nitrogen and oxygen atoms in total. The van der Waals surface area contributed by atoms with Crippen LogP contribution >= 0.6 is 0 Å². The summed E-state index contributed by atoms with van der Waals surface area (Å²) in [5.74, 6) is 0.772. The molecule has 0 fully saturated rings. The second-order valence-electron chi connectivity index (χ2n) is 7.34. The number of hydrogen-bond acceptors (Lipinski definition) is 3. The molecule has 0 atom stereocenters. The molecule has 4 heteroatoms. The number of amides is 1. The van der Waals surface area contributed by atoms with Crippen molar-refractivity contribution in [3.8, 4) is 11.3 Å². The molecule has 0 N–H and O–H groups in total. The molecule has 0 unspecified atom stereocenters. The molecule has 0 aliphatic heterocycles. The Labute approximate surface area is 160 Å². The van der Waals surface area contributed by atoms with E-state index < -0.39 is 0 Å². The molecule has 0 aliphatic rings. The summed E-state index contributed by atoms with van der Waals surface area (Å²) in [5.41, 5.74) is 5.26. The van der Waals surface area contributed by atoms with Crippen LogP contribution in [0.4, 0.5) is 0 Å². The highest BCUT2D eigenvalue weighted by atomic mass is 16.5. The van der Waals surface area contributed by atoms with E-state index in [1.165, 1.54) is 5.56 Å². The highest BCUT2D eigenvalue weighted by Crippen LogP contribution is 2.25. The van der Waals surface area contributed by atoms with Gasteiger partial charge in [0.15, 0.2) is 5.76 Å². The lowest BCUT2D eigenvalue weighted by Crippen LogP contribution is -2.33. The molecular weight excluding hydrogens is 336 g/mol.